The van der Waals surface area contributed by atoms with Gasteiger partial charge in [-0.2, -0.15) is 5.26 Å². The maximum absolute atomic E-state index is 8.68. The number of nitrogens with one attached hydrogen (secondary N) is 1. The Hall–Kier alpha value is -1.37. The van der Waals surface area contributed by atoms with Crippen molar-refractivity contribution in [2.75, 3.05) is 20.1 Å². The molecular weight excluding hydrogens is 210 g/mol. The van der Waals surface area contributed by atoms with Gasteiger partial charge in [-0.15, -0.1) is 0 Å². The van der Waals surface area contributed by atoms with Crippen molar-refractivity contribution in [3.8, 4) is 6.07 Å². The summed E-state index contributed by atoms with van der Waals surface area (Å²) in [5, 5.41) is 12.1. The van der Waals surface area contributed by atoms with Crippen LogP contribution in [0.3, 0.4) is 0 Å². The fourth-order valence-electron chi connectivity index (χ4n) is 1.44. The molecule has 1 N–H and O–H groups in total. The number of benzene rings is 1. The lowest BCUT2D eigenvalue weighted by atomic mass is 10.1. The lowest BCUT2D eigenvalue weighted by Gasteiger charge is -2.20. The van der Waals surface area contributed by atoms with Crippen LogP contribution in [0.4, 0.5) is 0 Å². The second kappa shape index (κ2) is 7.05. The average Bonchev–Trinajstić information content (AvgIpc) is 2.35. The van der Waals surface area contributed by atoms with Crippen molar-refractivity contribution >= 4 is 0 Å². The van der Waals surface area contributed by atoms with Gasteiger partial charge in [0.1, 0.15) is 0 Å². The van der Waals surface area contributed by atoms with Gasteiger partial charge in [0.15, 0.2) is 0 Å². The minimum Gasteiger partial charge on any atom is -0.311 e. The van der Waals surface area contributed by atoms with Crippen LogP contribution < -0.4 is 5.32 Å². The van der Waals surface area contributed by atoms with Gasteiger partial charge >= 0.3 is 0 Å². The van der Waals surface area contributed by atoms with E-state index in [1.165, 1.54) is 5.56 Å². The summed E-state index contributed by atoms with van der Waals surface area (Å²) in [6.45, 7) is 7.28. The Morgan fingerprint density at radius 2 is 1.94 bits per heavy atom. The molecular formula is C14H21N3. The molecule has 1 rings (SSSR count). The molecule has 0 saturated heterocycles. The molecule has 0 atom stereocenters. The Kier molecular flexibility index (Phi) is 5.68. The maximum atomic E-state index is 8.68. The molecule has 0 radical (unpaired) electrons. The third-order valence-electron chi connectivity index (χ3n) is 2.93. The van der Waals surface area contributed by atoms with E-state index in [0.717, 1.165) is 19.6 Å². The minimum atomic E-state index is 0.590. The lowest BCUT2D eigenvalue weighted by Crippen LogP contribution is -2.33. The Bertz CT molecular complexity index is 362. The number of rotatable bonds is 6. The van der Waals surface area contributed by atoms with Gasteiger partial charge in [-0.05, 0) is 38.6 Å². The largest absolute Gasteiger partial charge is 0.311 e. The zero-order chi connectivity index (χ0) is 12.7. The van der Waals surface area contributed by atoms with Crippen molar-refractivity contribution in [3.63, 3.8) is 0 Å². The number of likely N-dealkylation sites (N-methyl/N-ethyl adjacent to an activating group) is 1. The zero-order valence-electron chi connectivity index (χ0n) is 10.9. The highest BCUT2D eigenvalue weighted by Gasteiger charge is 2.01. The van der Waals surface area contributed by atoms with Crippen LogP contribution in [0.25, 0.3) is 0 Å². The molecule has 0 aliphatic rings. The summed E-state index contributed by atoms with van der Waals surface area (Å²) in [5.41, 5.74) is 1.93. The zero-order valence-corrected chi connectivity index (χ0v) is 10.9. The van der Waals surface area contributed by atoms with Crippen LogP contribution >= 0.6 is 0 Å². The van der Waals surface area contributed by atoms with Gasteiger partial charge in [0.25, 0.3) is 0 Å². The summed E-state index contributed by atoms with van der Waals surface area (Å²) < 4.78 is 0. The smallest absolute Gasteiger partial charge is 0.0991 e. The van der Waals surface area contributed by atoms with Gasteiger partial charge in [-0.1, -0.05) is 12.1 Å². The van der Waals surface area contributed by atoms with Crippen molar-refractivity contribution in [1.82, 2.24) is 10.2 Å². The Morgan fingerprint density at radius 1 is 1.29 bits per heavy atom. The van der Waals surface area contributed by atoms with Crippen molar-refractivity contribution in [2.45, 2.75) is 26.4 Å². The van der Waals surface area contributed by atoms with E-state index in [2.05, 4.69) is 37.2 Å². The second-order valence-electron chi connectivity index (χ2n) is 4.56. The van der Waals surface area contributed by atoms with Gasteiger partial charge in [-0.25, -0.2) is 0 Å². The average molecular weight is 231 g/mol. The maximum Gasteiger partial charge on any atom is 0.0991 e. The fraction of sp³-hybridized carbons (Fsp3) is 0.500. The van der Waals surface area contributed by atoms with Gasteiger partial charge < -0.3 is 10.2 Å². The Labute approximate surface area is 104 Å². The van der Waals surface area contributed by atoms with Crippen molar-refractivity contribution in [1.29, 1.82) is 5.26 Å². The van der Waals surface area contributed by atoms with E-state index in [4.69, 9.17) is 5.26 Å². The summed E-state index contributed by atoms with van der Waals surface area (Å²) in [6, 6.07) is 10.4. The lowest BCUT2D eigenvalue weighted by molar-refractivity contribution is 0.273. The summed E-state index contributed by atoms with van der Waals surface area (Å²) in [6.07, 6.45) is 0. The first-order valence-electron chi connectivity index (χ1n) is 6.03. The first-order valence-corrected chi connectivity index (χ1v) is 6.03. The normalized spacial score (nSPS) is 10.8. The van der Waals surface area contributed by atoms with Crippen LogP contribution in [0.1, 0.15) is 25.0 Å². The molecule has 0 aliphatic carbocycles. The Morgan fingerprint density at radius 3 is 2.47 bits per heavy atom. The first-order chi connectivity index (χ1) is 8.13. The topological polar surface area (TPSA) is 39.1 Å². The van der Waals surface area contributed by atoms with E-state index in [0.29, 0.717) is 11.6 Å². The fourth-order valence-corrected chi connectivity index (χ4v) is 1.44. The van der Waals surface area contributed by atoms with Crippen molar-refractivity contribution in [3.05, 3.63) is 35.4 Å². The standard InChI is InChI=1S/C14H21N3/c1-12(2)17(3)9-8-16-11-14-6-4-13(10-15)5-7-14/h4-7,12,16H,8-9,11H2,1-3H3. The van der Waals surface area contributed by atoms with Crippen LogP contribution in [0.2, 0.25) is 0 Å². The number of nitriles is 1. The monoisotopic (exact) mass is 231 g/mol. The highest BCUT2D eigenvalue weighted by atomic mass is 15.1. The van der Waals surface area contributed by atoms with Crippen LogP contribution in [0.5, 0.6) is 0 Å². The molecule has 0 aromatic heterocycles. The molecule has 0 spiro atoms. The predicted octanol–water partition coefficient (Wildman–Crippen LogP) is 1.99. The number of hydrogen-bond acceptors (Lipinski definition) is 3. The van der Waals surface area contributed by atoms with Gasteiger partial charge in [0.05, 0.1) is 11.6 Å². The van der Waals surface area contributed by atoms with Crippen molar-refractivity contribution in [2.24, 2.45) is 0 Å². The molecule has 1 aromatic rings. The molecule has 17 heavy (non-hydrogen) atoms. The summed E-state index contributed by atoms with van der Waals surface area (Å²) in [4.78, 5) is 2.31. The number of nitrogens with zero attached hydrogens (tertiary/aromatic N) is 2. The molecule has 1 aromatic carbocycles. The molecule has 0 fully saturated rings. The highest BCUT2D eigenvalue weighted by molar-refractivity contribution is 5.31. The summed E-state index contributed by atoms with van der Waals surface area (Å²) in [7, 11) is 2.13. The van der Waals surface area contributed by atoms with Crippen LogP contribution in [0, 0.1) is 11.3 Å². The highest BCUT2D eigenvalue weighted by Crippen LogP contribution is 2.02. The molecule has 0 amide bonds. The molecule has 0 heterocycles. The van der Waals surface area contributed by atoms with Crippen LogP contribution in [-0.2, 0) is 6.54 Å². The van der Waals surface area contributed by atoms with Crippen LogP contribution in [0.15, 0.2) is 24.3 Å². The van der Waals surface area contributed by atoms with Gasteiger partial charge in [0.2, 0.25) is 0 Å². The van der Waals surface area contributed by atoms with E-state index in [9.17, 15) is 0 Å². The van der Waals surface area contributed by atoms with Gasteiger partial charge in [-0.3, -0.25) is 0 Å². The molecule has 0 unspecified atom stereocenters. The molecule has 3 nitrogen and oxygen atoms in total. The van der Waals surface area contributed by atoms with Crippen molar-refractivity contribution < 1.29 is 0 Å². The molecule has 92 valence electrons. The third-order valence-corrected chi connectivity index (χ3v) is 2.93. The van der Waals surface area contributed by atoms with Crippen LogP contribution in [-0.4, -0.2) is 31.1 Å². The third kappa shape index (κ3) is 4.99. The first kappa shape index (κ1) is 13.7. The summed E-state index contributed by atoms with van der Waals surface area (Å²) in [5.74, 6) is 0. The quantitative estimate of drug-likeness (QED) is 0.761. The minimum absolute atomic E-state index is 0.590. The molecule has 0 aliphatic heterocycles. The predicted molar refractivity (Wildman–Crippen MR) is 70.6 cm³/mol. The van der Waals surface area contributed by atoms with E-state index < -0.39 is 0 Å². The van der Waals surface area contributed by atoms with E-state index in [-0.39, 0.29) is 0 Å². The summed E-state index contributed by atoms with van der Waals surface area (Å²) >= 11 is 0. The van der Waals surface area contributed by atoms with E-state index in [1.807, 2.05) is 24.3 Å². The SMILES string of the molecule is CC(C)N(C)CCNCc1ccc(C#N)cc1. The van der Waals surface area contributed by atoms with E-state index >= 15 is 0 Å². The second-order valence-corrected chi connectivity index (χ2v) is 4.56. The number of hydrogen-bond donors (Lipinski definition) is 1. The van der Waals surface area contributed by atoms with Gasteiger partial charge in [0, 0.05) is 25.7 Å². The molecule has 0 bridgehead atoms. The molecule has 0 saturated carbocycles. The molecule has 3 heteroatoms. The van der Waals surface area contributed by atoms with E-state index in [1.54, 1.807) is 0 Å². The Balaban J connectivity index is 2.24.